The summed E-state index contributed by atoms with van der Waals surface area (Å²) in [5, 5.41) is 31.1. The molecule has 11 aromatic rings. The topological polar surface area (TPSA) is 289 Å². The molecule has 0 saturated carbocycles. The van der Waals surface area contributed by atoms with Crippen LogP contribution in [0.2, 0.25) is 20.5 Å². The standard InChI is InChI=1S/C28H29F2N5O3.C22H25ClFN5O2.C16H13Cl2FN4O2.C6H5BClFO2.C6H13N/c1-15(2)23-25(21(38-4)11-12-31-23)35-27-17(26(33-28(35)37)34-13-6-5-8-16(34)3)14-19(30)24(32-27)22-18(29)9-7-10-20(22)36;1-12(2)17-18(16(31-4)8-9-25-17)29-21-14(11-15(24)19(23)26-21)20(27-22(29)30)28-10-6-5-7-13(28)3;1-7(2)11-12(10(25-3)4-5-20-11)23-15-8(13(17)22-16(23)24)6-9(19)14(18)21-15;8-4-2-1-3-5(9)6(4)7(10)11;1-6-4-2-3-5-7-6/h7,9-12,14-16,36H,5-6,8,13H2,1-4H3;8-9,11-13H,5-7,10H2,1-4H3;4-7H,1-3H3;1-3,10-11H;6-7H,2-5H2,1H3/t16-;13-;;;6-/m00..0/s1. The quantitative estimate of drug-likeness (QED) is 0.0361. The van der Waals surface area contributed by atoms with Gasteiger partial charge in [0.2, 0.25) is 0 Å². The number of piperidine rings is 3. The molecule has 3 saturated heterocycles. The first-order valence-electron chi connectivity index (χ1n) is 36.4. The summed E-state index contributed by atoms with van der Waals surface area (Å²) >= 11 is 23.3. The Bertz CT molecular complexity index is 5410. The molecule has 0 radical (unpaired) electrons. The fourth-order valence-electron chi connectivity index (χ4n) is 13.6. The van der Waals surface area contributed by atoms with E-state index in [1.165, 1.54) is 97.2 Å². The number of benzene rings is 2. The number of nitrogens with zero attached hydrogens (tertiary/aromatic N) is 14. The van der Waals surface area contributed by atoms with E-state index in [-0.39, 0.29) is 83.5 Å². The number of nitrogens with one attached hydrogen (secondary N) is 1. The molecule has 14 rings (SSSR count). The number of hydrogen-bond donors (Lipinski definition) is 4. The third-order valence-corrected chi connectivity index (χ3v) is 20.4. The normalized spacial score (nSPS) is 15.6. The Balaban J connectivity index is 0.000000162. The van der Waals surface area contributed by atoms with Crippen molar-refractivity contribution < 1.29 is 51.3 Å². The molecule has 112 heavy (non-hydrogen) atoms. The van der Waals surface area contributed by atoms with E-state index in [0.29, 0.717) is 75.0 Å². The number of aromatic nitrogens is 12. The van der Waals surface area contributed by atoms with Crippen LogP contribution in [0.3, 0.4) is 0 Å². The van der Waals surface area contributed by atoms with E-state index < -0.39 is 70.3 Å². The third-order valence-electron chi connectivity index (χ3n) is 19.2. The van der Waals surface area contributed by atoms with E-state index in [0.717, 1.165) is 69.3 Å². The molecule has 12 heterocycles. The van der Waals surface area contributed by atoms with Gasteiger partial charge in [-0.3, -0.25) is 15.0 Å². The minimum atomic E-state index is -1.86. The van der Waals surface area contributed by atoms with E-state index in [9.17, 15) is 37.1 Å². The average molecular weight is 1620 g/mol. The number of fused-ring (bicyclic) bond motifs is 3. The van der Waals surface area contributed by atoms with Crippen molar-refractivity contribution in [3.63, 3.8) is 0 Å². The number of methoxy groups -OCH3 is 3. The van der Waals surface area contributed by atoms with Crippen LogP contribution in [-0.2, 0) is 0 Å². The number of aromatic hydroxyl groups is 1. The highest BCUT2D eigenvalue weighted by Gasteiger charge is 2.32. The second kappa shape index (κ2) is 37.3. The van der Waals surface area contributed by atoms with Crippen LogP contribution in [0.5, 0.6) is 23.0 Å². The Hall–Kier alpha value is -9.69. The number of hydrogen-bond acceptors (Lipinski definition) is 21. The number of rotatable bonds is 13. The largest absolute Gasteiger partial charge is 0.507 e. The lowest BCUT2D eigenvalue weighted by Gasteiger charge is -2.35. The Morgan fingerprint density at radius 1 is 0.491 bits per heavy atom. The van der Waals surface area contributed by atoms with Gasteiger partial charge in [-0.1, -0.05) is 106 Å². The smallest absolute Gasteiger partial charge is 0.492 e. The van der Waals surface area contributed by atoms with Crippen molar-refractivity contribution in [1.82, 2.24) is 63.9 Å². The summed E-state index contributed by atoms with van der Waals surface area (Å²) in [5.74, 6) is -2.49. The van der Waals surface area contributed by atoms with Gasteiger partial charge >= 0.3 is 24.2 Å². The first-order valence-corrected chi connectivity index (χ1v) is 37.9. The van der Waals surface area contributed by atoms with Crippen LogP contribution < -0.4 is 51.9 Å². The van der Waals surface area contributed by atoms with E-state index in [4.69, 9.17) is 70.7 Å². The van der Waals surface area contributed by atoms with Crippen LogP contribution in [0.15, 0.2) is 106 Å². The average Bonchev–Trinajstić information content (AvgIpc) is 0.745. The molecule has 4 N–H and O–H groups in total. The highest BCUT2D eigenvalue weighted by molar-refractivity contribution is 6.62. The lowest BCUT2D eigenvalue weighted by atomic mass is 9.80. The zero-order valence-electron chi connectivity index (χ0n) is 63.6. The fraction of sp³-hybridized carbons (Fsp3) is 0.385. The van der Waals surface area contributed by atoms with Gasteiger partial charge in [0.1, 0.15) is 74.2 Å². The number of phenols is 1. The van der Waals surface area contributed by atoms with E-state index in [1.54, 1.807) is 36.8 Å². The molecule has 0 spiro atoms. The molecule has 0 amide bonds. The number of anilines is 2. The summed E-state index contributed by atoms with van der Waals surface area (Å²) in [7, 11) is 2.61. The van der Waals surface area contributed by atoms with Crippen molar-refractivity contribution in [3.8, 4) is 51.3 Å². The van der Waals surface area contributed by atoms with Crippen LogP contribution in [-0.4, -0.2) is 140 Å². The molecule has 34 heteroatoms. The van der Waals surface area contributed by atoms with E-state index >= 15 is 4.39 Å². The molecular formula is C78H85BCl4F5N15O9. The lowest BCUT2D eigenvalue weighted by molar-refractivity contribution is 0.410. The van der Waals surface area contributed by atoms with Crippen molar-refractivity contribution in [2.24, 2.45) is 0 Å². The van der Waals surface area contributed by atoms with Gasteiger partial charge in [-0.05, 0) is 139 Å². The zero-order chi connectivity index (χ0) is 81.3. The predicted octanol–water partition coefficient (Wildman–Crippen LogP) is 14.9. The Labute approximate surface area is 662 Å². The van der Waals surface area contributed by atoms with Gasteiger partial charge in [0, 0.05) is 78.5 Å². The summed E-state index contributed by atoms with van der Waals surface area (Å²) < 4.78 is 91.8. The first-order chi connectivity index (χ1) is 53.4. The number of halogens is 9. The SMILES string of the molecule is COc1ccnc(C(C)C)c1-n1c(=O)nc(Cl)c2cc(F)c(Cl)nc21.COc1ccnc(C(C)C)c1-n1c(=O)nc(N2CCCC[C@@H]2C)c2cc(F)c(-c3c(O)cccc3F)nc21.COc1ccnc(C(C)C)c1-n1c(=O)nc(N2CCCC[C@@H]2C)c2cc(F)c(Cl)nc21.C[C@H]1CCCCN1.OB(O)c1c(F)cccc1Cl. The maximum atomic E-state index is 15.7. The molecule has 592 valence electrons. The summed E-state index contributed by atoms with van der Waals surface area (Å²) in [4.78, 5) is 82.5. The highest BCUT2D eigenvalue weighted by Crippen LogP contribution is 2.41. The van der Waals surface area contributed by atoms with Crippen molar-refractivity contribution in [2.75, 3.05) is 50.8 Å². The Morgan fingerprint density at radius 2 is 0.902 bits per heavy atom. The van der Waals surface area contributed by atoms with E-state index in [1.807, 2.05) is 53.4 Å². The van der Waals surface area contributed by atoms with Crippen LogP contribution in [0, 0.1) is 29.1 Å². The second-order valence-electron chi connectivity index (χ2n) is 27.9. The van der Waals surface area contributed by atoms with Crippen LogP contribution >= 0.6 is 46.4 Å². The van der Waals surface area contributed by atoms with Crippen molar-refractivity contribution in [3.05, 3.63) is 189 Å². The van der Waals surface area contributed by atoms with Crippen LogP contribution in [0.25, 0.3) is 61.4 Å². The fourth-order valence-corrected chi connectivity index (χ4v) is 14.4. The molecule has 3 aliphatic heterocycles. The molecule has 0 unspecified atom stereocenters. The monoisotopic (exact) mass is 1620 g/mol. The Morgan fingerprint density at radius 3 is 1.29 bits per heavy atom. The predicted molar refractivity (Wildman–Crippen MR) is 427 cm³/mol. The minimum Gasteiger partial charge on any atom is -0.507 e. The molecule has 3 fully saturated rings. The highest BCUT2D eigenvalue weighted by atomic mass is 35.5. The summed E-state index contributed by atoms with van der Waals surface area (Å²) in [5.41, 5.74) is 0.313. The van der Waals surface area contributed by atoms with Crippen molar-refractivity contribution in [1.29, 1.82) is 0 Å². The minimum absolute atomic E-state index is 0.00948. The van der Waals surface area contributed by atoms with Gasteiger partial charge in [-0.15, -0.1) is 0 Å². The number of pyridine rings is 6. The molecule has 3 atom stereocenters. The third kappa shape index (κ3) is 18.3. The van der Waals surface area contributed by atoms with Gasteiger partial charge in [0.15, 0.2) is 44.7 Å². The molecule has 9 aromatic heterocycles. The van der Waals surface area contributed by atoms with Crippen LogP contribution in [0.1, 0.15) is 155 Å². The lowest BCUT2D eigenvalue weighted by Crippen LogP contribution is -2.40. The second-order valence-corrected chi connectivity index (χ2v) is 29.3. The maximum absolute atomic E-state index is 15.7. The van der Waals surface area contributed by atoms with E-state index in [2.05, 4.69) is 68.9 Å². The van der Waals surface area contributed by atoms with Gasteiger partial charge in [0.25, 0.3) is 0 Å². The van der Waals surface area contributed by atoms with Crippen molar-refractivity contribution in [2.45, 2.75) is 156 Å². The van der Waals surface area contributed by atoms with Gasteiger partial charge in [-0.25, -0.2) is 65.0 Å². The first kappa shape index (κ1) is 84.8. The molecular weight excluding hydrogens is 1540 g/mol. The molecule has 24 nitrogen and oxygen atoms in total. The number of ether oxygens (including phenoxy) is 3. The van der Waals surface area contributed by atoms with Gasteiger partial charge in [0.05, 0.1) is 60.1 Å². The summed E-state index contributed by atoms with van der Waals surface area (Å²) in [6, 6.07) is 17.1. The summed E-state index contributed by atoms with van der Waals surface area (Å²) in [6.45, 7) is 20.6. The zero-order valence-corrected chi connectivity index (χ0v) is 66.7. The molecule has 3 aliphatic rings. The molecule has 2 aromatic carbocycles. The maximum Gasteiger partial charge on any atom is 0.492 e. The molecule has 0 aliphatic carbocycles. The Kier molecular flexibility index (Phi) is 28.2. The van der Waals surface area contributed by atoms with Gasteiger partial charge in [-0.2, -0.15) is 15.0 Å². The number of phenolic OH excluding ortho intramolecular Hbond substituents is 1. The molecule has 0 bridgehead atoms. The van der Waals surface area contributed by atoms with Crippen molar-refractivity contribution >= 4 is 104 Å². The van der Waals surface area contributed by atoms with Gasteiger partial charge < -0.3 is 44.5 Å². The van der Waals surface area contributed by atoms with Crippen LogP contribution in [0.4, 0.5) is 33.6 Å². The summed E-state index contributed by atoms with van der Waals surface area (Å²) in [6.07, 6.45) is 14.9.